The van der Waals surface area contributed by atoms with Crippen molar-refractivity contribution in [3.63, 3.8) is 0 Å². The maximum Gasteiger partial charge on any atom is 0.416 e. The van der Waals surface area contributed by atoms with Gasteiger partial charge >= 0.3 is 6.18 Å². The second-order valence-corrected chi connectivity index (χ2v) is 4.88. The van der Waals surface area contributed by atoms with Crippen molar-refractivity contribution in [2.24, 2.45) is 4.99 Å². The van der Waals surface area contributed by atoms with E-state index in [2.05, 4.69) is 4.99 Å². The van der Waals surface area contributed by atoms with Crippen LogP contribution >= 0.6 is 0 Å². The predicted octanol–water partition coefficient (Wildman–Crippen LogP) is 5.28. The van der Waals surface area contributed by atoms with Gasteiger partial charge in [0.25, 0.3) is 0 Å². The summed E-state index contributed by atoms with van der Waals surface area (Å²) < 4.78 is 37.6. The van der Waals surface area contributed by atoms with Crippen LogP contribution in [0.25, 0.3) is 0 Å². The van der Waals surface area contributed by atoms with Crippen molar-refractivity contribution in [2.75, 3.05) is 0 Å². The van der Waals surface area contributed by atoms with Gasteiger partial charge in [0.1, 0.15) is 0 Å². The summed E-state index contributed by atoms with van der Waals surface area (Å²) in [5.41, 5.74) is 1.85. The fourth-order valence-electron chi connectivity index (χ4n) is 2.07. The van der Waals surface area contributed by atoms with Gasteiger partial charge < -0.3 is 0 Å². The van der Waals surface area contributed by atoms with Crippen LogP contribution in [0.3, 0.4) is 0 Å². The van der Waals surface area contributed by atoms with Crippen molar-refractivity contribution in [2.45, 2.75) is 26.1 Å². The predicted molar refractivity (Wildman–Crippen MR) is 78.5 cm³/mol. The van der Waals surface area contributed by atoms with Crippen LogP contribution in [0, 0.1) is 0 Å². The van der Waals surface area contributed by atoms with Gasteiger partial charge in [-0.25, -0.2) is 0 Å². The zero-order valence-corrected chi connectivity index (χ0v) is 11.9. The molecule has 0 saturated heterocycles. The lowest BCUT2D eigenvalue weighted by Crippen LogP contribution is -2.05. The molecule has 2 aromatic carbocycles. The van der Waals surface area contributed by atoms with E-state index >= 15 is 0 Å². The average molecular weight is 291 g/mol. The Kier molecular flexibility index (Phi) is 4.46. The van der Waals surface area contributed by atoms with Crippen molar-refractivity contribution in [3.8, 4) is 0 Å². The maximum absolute atomic E-state index is 12.5. The maximum atomic E-state index is 12.5. The average Bonchev–Trinajstić information content (AvgIpc) is 2.47. The fourth-order valence-corrected chi connectivity index (χ4v) is 2.07. The number of rotatable bonds is 3. The van der Waals surface area contributed by atoms with E-state index in [1.54, 1.807) is 0 Å². The van der Waals surface area contributed by atoms with E-state index in [0.29, 0.717) is 5.56 Å². The molecule has 1 nitrogen and oxygen atoms in total. The van der Waals surface area contributed by atoms with Gasteiger partial charge in [-0.05, 0) is 37.1 Å². The molecule has 0 N–H and O–H groups in total. The number of hydrogen-bond donors (Lipinski definition) is 0. The molecule has 0 radical (unpaired) electrons. The van der Waals surface area contributed by atoms with Crippen molar-refractivity contribution in [1.82, 2.24) is 0 Å². The van der Waals surface area contributed by atoms with E-state index in [4.69, 9.17) is 0 Å². The largest absolute Gasteiger partial charge is 0.416 e. The first-order valence-corrected chi connectivity index (χ1v) is 6.65. The molecular formula is C17H16F3N. The monoisotopic (exact) mass is 291 g/mol. The van der Waals surface area contributed by atoms with Gasteiger partial charge in [-0.2, -0.15) is 13.2 Å². The topological polar surface area (TPSA) is 12.4 Å². The molecule has 0 fully saturated rings. The highest BCUT2D eigenvalue weighted by molar-refractivity contribution is 5.98. The highest BCUT2D eigenvalue weighted by Crippen LogP contribution is 2.29. The summed E-state index contributed by atoms with van der Waals surface area (Å²) in [4.78, 5) is 4.54. The Labute approximate surface area is 122 Å². The lowest BCUT2D eigenvalue weighted by atomic mass is 10.1. The van der Waals surface area contributed by atoms with Crippen LogP contribution in [0.4, 0.5) is 13.2 Å². The van der Waals surface area contributed by atoms with Gasteiger partial charge in [0.05, 0.1) is 11.6 Å². The Bertz CT molecular complexity index is 613. The summed E-state index contributed by atoms with van der Waals surface area (Å²) in [5.74, 6) is 0. The van der Waals surface area contributed by atoms with E-state index in [0.717, 1.165) is 23.4 Å². The minimum atomic E-state index is -4.30. The third-order valence-electron chi connectivity index (χ3n) is 3.30. The Balaban J connectivity index is 2.20. The van der Waals surface area contributed by atoms with Crippen molar-refractivity contribution < 1.29 is 13.2 Å². The van der Waals surface area contributed by atoms with Gasteiger partial charge in [-0.3, -0.25) is 4.99 Å². The Morgan fingerprint density at radius 2 is 1.52 bits per heavy atom. The first-order chi connectivity index (χ1) is 9.88. The van der Waals surface area contributed by atoms with Gasteiger partial charge in [0, 0.05) is 5.71 Å². The summed E-state index contributed by atoms with van der Waals surface area (Å²) in [6.07, 6.45) is -4.30. The van der Waals surface area contributed by atoms with Crippen LogP contribution < -0.4 is 0 Å². The van der Waals surface area contributed by atoms with Crippen LogP contribution in [0.2, 0.25) is 0 Å². The second kappa shape index (κ2) is 6.12. The number of alkyl halides is 3. The zero-order valence-electron chi connectivity index (χ0n) is 11.9. The van der Waals surface area contributed by atoms with Gasteiger partial charge in [-0.15, -0.1) is 0 Å². The number of benzene rings is 2. The molecule has 0 aliphatic rings. The number of aliphatic imine (C=N–C) groups is 1. The van der Waals surface area contributed by atoms with Crippen LogP contribution in [0.5, 0.6) is 0 Å². The fraction of sp³-hybridized carbons (Fsp3) is 0.235. The van der Waals surface area contributed by atoms with Crippen LogP contribution in [0.1, 0.15) is 36.6 Å². The number of nitrogens with zero attached hydrogens (tertiary/aromatic N) is 1. The van der Waals surface area contributed by atoms with Crippen molar-refractivity contribution >= 4 is 5.71 Å². The summed E-state index contributed by atoms with van der Waals surface area (Å²) in [6.45, 7) is 3.77. The van der Waals surface area contributed by atoms with Gasteiger partial charge in [0.2, 0.25) is 0 Å². The Hall–Kier alpha value is -2.10. The molecule has 4 heteroatoms. The first kappa shape index (κ1) is 15.3. The molecule has 0 heterocycles. The molecular weight excluding hydrogens is 275 g/mol. The van der Waals surface area contributed by atoms with Crippen LogP contribution in [-0.2, 0) is 6.18 Å². The standard InChI is InChI=1S/C17H16F3N/c1-12(14-6-4-3-5-7-14)21-13(2)15-8-10-16(11-9-15)17(18,19)20/h3-12H,1-2H3. The lowest BCUT2D eigenvalue weighted by molar-refractivity contribution is -0.137. The molecule has 21 heavy (non-hydrogen) atoms. The quantitative estimate of drug-likeness (QED) is 0.683. The van der Waals surface area contributed by atoms with E-state index < -0.39 is 11.7 Å². The van der Waals surface area contributed by atoms with Crippen LogP contribution in [-0.4, -0.2) is 5.71 Å². The van der Waals surface area contributed by atoms with Crippen LogP contribution in [0.15, 0.2) is 59.6 Å². The van der Waals surface area contributed by atoms with E-state index in [1.807, 2.05) is 44.2 Å². The van der Waals surface area contributed by atoms with E-state index in [-0.39, 0.29) is 6.04 Å². The molecule has 2 rings (SSSR count). The molecule has 0 aliphatic heterocycles. The molecule has 0 aromatic heterocycles. The number of halogens is 3. The third kappa shape index (κ3) is 3.94. The lowest BCUT2D eigenvalue weighted by Gasteiger charge is -2.10. The van der Waals surface area contributed by atoms with Gasteiger partial charge in [-0.1, -0.05) is 42.5 Å². The molecule has 110 valence electrons. The van der Waals surface area contributed by atoms with E-state index in [1.165, 1.54) is 12.1 Å². The zero-order chi connectivity index (χ0) is 15.5. The molecule has 0 bridgehead atoms. The minimum Gasteiger partial charge on any atom is -0.282 e. The highest BCUT2D eigenvalue weighted by atomic mass is 19.4. The molecule has 2 aromatic rings. The molecule has 0 saturated carbocycles. The summed E-state index contributed by atoms with van der Waals surface area (Å²) >= 11 is 0. The molecule has 0 spiro atoms. The number of hydrogen-bond acceptors (Lipinski definition) is 1. The normalized spacial score (nSPS) is 14.0. The molecule has 1 atom stereocenters. The molecule has 0 amide bonds. The summed E-state index contributed by atoms with van der Waals surface area (Å²) in [5, 5.41) is 0. The molecule has 1 unspecified atom stereocenters. The molecule has 0 aliphatic carbocycles. The smallest absolute Gasteiger partial charge is 0.282 e. The minimum absolute atomic E-state index is 0.0338. The van der Waals surface area contributed by atoms with E-state index in [9.17, 15) is 13.2 Å². The third-order valence-corrected chi connectivity index (χ3v) is 3.30. The summed E-state index contributed by atoms with van der Waals surface area (Å²) in [7, 11) is 0. The van der Waals surface area contributed by atoms with Crippen molar-refractivity contribution in [1.29, 1.82) is 0 Å². The Morgan fingerprint density at radius 3 is 2.05 bits per heavy atom. The first-order valence-electron chi connectivity index (χ1n) is 6.65. The highest BCUT2D eigenvalue weighted by Gasteiger charge is 2.29. The Morgan fingerprint density at radius 1 is 0.952 bits per heavy atom. The SMILES string of the molecule is CC(=NC(C)c1ccccc1)c1ccc(C(F)(F)F)cc1. The summed E-state index contributed by atoms with van der Waals surface area (Å²) in [6, 6.07) is 14.8. The second-order valence-electron chi connectivity index (χ2n) is 4.88. The van der Waals surface area contributed by atoms with Crippen molar-refractivity contribution in [3.05, 3.63) is 71.3 Å². The van der Waals surface area contributed by atoms with Gasteiger partial charge in [0.15, 0.2) is 0 Å².